The van der Waals surface area contributed by atoms with Crippen molar-refractivity contribution >= 4 is 15.9 Å². The molecule has 0 N–H and O–H groups in total. The normalized spacial score (nSPS) is 18.4. The topological polar surface area (TPSA) is 27.7 Å². The summed E-state index contributed by atoms with van der Waals surface area (Å²) in [5.74, 6) is 2.35. The molecule has 0 aliphatic carbocycles. The van der Waals surface area contributed by atoms with Gasteiger partial charge in [0, 0.05) is 23.6 Å². The highest BCUT2D eigenvalue weighted by molar-refractivity contribution is 9.09. The predicted octanol–water partition coefficient (Wildman–Crippen LogP) is 3.57. The van der Waals surface area contributed by atoms with Crippen LogP contribution < -0.4 is 9.47 Å². The molecule has 1 aromatic carbocycles. The van der Waals surface area contributed by atoms with E-state index < -0.39 is 0 Å². The zero-order chi connectivity index (χ0) is 13.0. The van der Waals surface area contributed by atoms with E-state index >= 15 is 0 Å². The number of hydrogen-bond donors (Lipinski definition) is 0. The van der Waals surface area contributed by atoms with Gasteiger partial charge in [-0.1, -0.05) is 15.9 Å². The lowest BCUT2D eigenvalue weighted by atomic mass is 9.91. The Morgan fingerprint density at radius 2 is 1.94 bits per heavy atom. The van der Waals surface area contributed by atoms with Gasteiger partial charge in [-0.3, -0.25) is 0 Å². The number of benzene rings is 1. The summed E-state index contributed by atoms with van der Waals surface area (Å²) in [6.07, 6.45) is 2.16. The molecule has 1 saturated heterocycles. The van der Waals surface area contributed by atoms with E-state index in [1.807, 2.05) is 18.2 Å². The lowest BCUT2D eigenvalue weighted by Crippen LogP contribution is -2.19. The first-order chi connectivity index (χ1) is 8.76. The number of ether oxygens (including phenoxy) is 3. The molecule has 3 nitrogen and oxygen atoms in total. The first-order valence-electron chi connectivity index (χ1n) is 6.20. The highest BCUT2D eigenvalue weighted by atomic mass is 79.9. The number of halogens is 1. The van der Waals surface area contributed by atoms with E-state index in [4.69, 9.17) is 14.2 Å². The maximum absolute atomic E-state index is 5.44. The third kappa shape index (κ3) is 2.98. The zero-order valence-corrected chi connectivity index (χ0v) is 12.4. The Morgan fingerprint density at radius 1 is 1.22 bits per heavy atom. The molecule has 0 aromatic heterocycles. The smallest absolute Gasteiger partial charge is 0.123 e. The SMILES string of the molecule is COc1ccc(OC)c(C(Br)C2CCOCC2)c1. The van der Waals surface area contributed by atoms with Crippen LogP contribution in [0.5, 0.6) is 11.5 Å². The van der Waals surface area contributed by atoms with Crippen LogP contribution in [-0.2, 0) is 4.74 Å². The van der Waals surface area contributed by atoms with Crippen LogP contribution in [0.1, 0.15) is 23.2 Å². The van der Waals surface area contributed by atoms with E-state index in [0.717, 1.165) is 43.1 Å². The van der Waals surface area contributed by atoms with Crippen LogP contribution in [0.25, 0.3) is 0 Å². The molecule has 0 spiro atoms. The highest BCUT2D eigenvalue weighted by Crippen LogP contribution is 2.42. The first-order valence-corrected chi connectivity index (χ1v) is 7.11. The van der Waals surface area contributed by atoms with Crippen molar-refractivity contribution < 1.29 is 14.2 Å². The Hall–Kier alpha value is -0.740. The largest absolute Gasteiger partial charge is 0.497 e. The van der Waals surface area contributed by atoms with Gasteiger partial charge in [0.15, 0.2) is 0 Å². The average molecular weight is 315 g/mol. The van der Waals surface area contributed by atoms with Crippen molar-refractivity contribution in [3.8, 4) is 11.5 Å². The Morgan fingerprint density at radius 3 is 2.56 bits per heavy atom. The number of alkyl halides is 1. The summed E-state index contributed by atoms with van der Waals surface area (Å²) in [5.41, 5.74) is 1.16. The number of rotatable bonds is 4. The molecule has 1 aromatic rings. The molecule has 1 aliphatic rings. The van der Waals surface area contributed by atoms with Crippen molar-refractivity contribution in [1.82, 2.24) is 0 Å². The van der Waals surface area contributed by atoms with Gasteiger partial charge in [-0.05, 0) is 37.0 Å². The second-order valence-electron chi connectivity index (χ2n) is 4.46. The van der Waals surface area contributed by atoms with Crippen molar-refractivity contribution in [3.63, 3.8) is 0 Å². The van der Waals surface area contributed by atoms with Gasteiger partial charge in [0.05, 0.1) is 14.2 Å². The van der Waals surface area contributed by atoms with E-state index in [1.165, 1.54) is 0 Å². The zero-order valence-electron chi connectivity index (χ0n) is 10.8. The molecule has 2 rings (SSSR count). The summed E-state index contributed by atoms with van der Waals surface area (Å²) in [6, 6.07) is 5.93. The van der Waals surface area contributed by atoms with Gasteiger partial charge < -0.3 is 14.2 Å². The van der Waals surface area contributed by atoms with Gasteiger partial charge >= 0.3 is 0 Å². The molecular weight excluding hydrogens is 296 g/mol. The monoisotopic (exact) mass is 314 g/mol. The molecule has 1 heterocycles. The number of methoxy groups -OCH3 is 2. The van der Waals surface area contributed by atoms with Crippen LogP contribution in [0, 0.1) is 5.92 Å². The van der Waals surface area contributed by atoms with Gasteiger partial charge in [-0.2, -0.15) is 0 Å². The van der Waals surface area contributed by atoms with E-state index in [2.05, 4.69) is 15.9 Å². The maximum Gasteiger partial charge on any atom is 0.123 e. The van der Waals surface area contributed by atoms with Crippen molar-refractivity contribution in [1.29, 1.82) is 0 Å². The van der Waals surface area contributed by atoms with Gasteiger partial charge in [0.1, 0.15) is 11.5 Å². The van der Waals surface area contributed by atoms with Crippen LogP contribution in [-0.4, -0.2) is 27.4 Å². The standard InChI is InChI=1S/C14H19BrO3/c1-16-11-3-4-13(17-2)12(9-11)14(15)10-5-7-18-8-6-10/h3-4,9-10,14H,5-8H2,1-2H3. The molecule has 1 atom stereocenters. The summed E-state index contributed by atoms with van der Waals surface area (Å²) >= 11 is 3.81. The van der Waals surface area contributed by atoms with Gasteiger partial charge in [-0.25, -0.2) is 0 Å². The molecule has 0 bridgehead atoms. The Labute approximate surface area is 117 Å². The molecule has 1 aliphatic heterocycles. The fourth-order valence-electron chi connectivity index (χ4n) is 2.32. The lowest BCUT2D eigenvalue weighted by molar-refractivity contribution is 0.0660. The molecule has 0 radical (unpaired) electrons. The second kappa shape index (κ2) is 6.43. The molecular formula is C14H19BrO3. The van der Waals surface area contributed by atoms with Crippen molar-refractivity contribution in [2.75, 3.05) is 27.4 Å². The third-order valence-electron chi connectivity index (χ3n) is 3.41. The molecule has 18 heavy (non-hydrogen) atoms. The molecule has 0 amide bonds. The van der Waals surface area contributed by atoms with E-state index in [9.17, 15) is 0 Å². The van der Waals surface area contributed by atoms with E-state index in [0.29, 0.717) is 5.92 Å². The second-order valence-corrected chi connectivity index (χ2v) is 5.45. The van der Waals surface area contributed by atoms with Crippen LogP contribution in [0.4, 0.5) is 0 Å². The Bertz CT molecular complexity index is 389. The fourth-order valence-corrected chi connectivity index (χ4v) is 3.20. The Balaban J connectivity index is 2.23. The Kier molecular flexibility index (Phi) is 4.89. The minimum absolute atomic E-state index is 0.284. The lowest BCUT2D eigenvalue weighted by Gasteiger charge is -2.27. The first kappa shape index (κ1) is 13.7. The average Bonchev–Trinajstić information content (AvgIpc) is 2.46. The molecule has 1 fully saturated rings. The summed E-state index contributed by atoms with van der Waals surface area (Å²) < 4.78 is 16.1. The van der Waals surface area contributed by atoms with Crippen LogP contribution in [0.3, 0.4) is 0 Å². The van der Waals surface area contributed by atoms with Crippen molar-refractivity contribution in [2.45, 2.75) is 17.7 Å². The minimum atomic E-state index is 0.284. The summed E-state index contributed by atoms with van der Waals surface area (Å²) in [5, 5.41) is 0. The minimum Gasteiger partial charge on any atom is -0.497 e. The van der Waals surface area contributed by atoms with Gasteiger partial charge in [0.25, 0.3) is 0 Å². The van der Waals surface area contributed by atoms with E-state index in [1.54, 1.807) is 14.2 Å². The van der Waals surface area contributed by atoms with Crippen LogP contribution in [0.15, 0.2) is 18.2 Å². The fraction of sp³-hybridized carbons (Fsp3) is 0.571. The van der Waals surface area contributed by atoms with Gasteiger partial charge in [0.2, 0.25) is 0 Å². The van der Waals surface area contributed by atoms with Crippen LogP contribution >= 0.6 is 15.9 Å². The maximum atomic E-state index is 5.44. The molecule has 4 heteroatoms. The number of hydrogen-bond acceptors (Lipinski definition) is 3. The van der Waals surface area contributed by atoms with E-state index in [-0.39, 0.29) is 4.83 Å². The third-order valence-corrected chi connectivity index (χ3v) is 4.65. The van der Waals surface area contributed by atoms with Crippen LogP contribution in [0.2, 0.25) is 0 Å². The summed E-state index contributed by atoms with van der Waals surface area (Å²) in [7, 11) is 3.39. The van der Waals surface area contributed by atoms with Crippen molar-refractivity contribution in [3.05, 3.63) is 23.8 Å². The molecule has 0 saturated carbocycles. The summed E-state index contributed by atoms with van der Waals surface area (Å²) in [6.45, 7) is 1.69. The summed E-state index contributed by atoms with van der Waals surface area (Å²) in [4.78, 5) is 0.284. The van der Waals surface area contributed by atoms with Gasteiger partial charge in [-0.15, -0.1) is 0 Å². The molecule has 1 unspecified atom stereocenters. The predicted molar refractivity (Wildman–Crippen MR) is 74.8 cm³/mol. The highest BCUT2D eigenvalue weighted by Gasteiger charge is 2.25. The molecule has 100 valence electrons. The van der Waals surface area contributed by atoms with Crippen molar-refractivity contribution in [2.24, 2.45) is 5.92 Å². The quantitative estimate of drug-likeness (QED) is 0.795.